The smallest absolute Gasteiger partial charge is 0.121 e. The van der Waals surface area contributed by atoms with E-state index in [0.717, 1.165) is 24.5 Å². The van der Waals surface area contributed by atoms with Gasteiger partial charge in [-0.05, 0) is 37.4 Å². The zero-order valence-electron chi connectivity index (χ0n) is 13.2. The minimum absolute atomic E-state index is 0.386. The highest BCUT2D eigenvalue weighted by molar-refractivity contribution is 5.12. The minimum Gasteiger partial charge on any atom is -0.464 e. The van der Waals surface area contributed by atoms with E-state index >= 15 is 0 Å². The molecule has 0 aliphatic rings. The molecule has 2 heteroatoms. The van der Waals surface area contributed by atoms with Crippen molar-refractivity contribution in [1.82, 2.24) is 5.32 Å². The molecule has 0 saturated carbocycles. The number of furan rings is 1. The van der Waals surface area contributed by atoms with E-state index < -0.39 is 0 Å². The fourth-order valence-corrected chi connectivity index (χ4v) is 2.62. The molecule has 2 atom stereocenters. The van der Waals surface area contributed by atoms with E-state index in [1.54, 1.807) is 0 Å². The number of hydrogen-bond acceptors (Lipinski definition) is 2. The molecule has 0 saturated heterocycles. The van der Waals surface area contributed by atoms with E-state index in [0.29, 0.717) is 12.0 Å². The van der Waals surface area contributed by atoms with Crippen molar-refractivity contribution >= 4 is 0 Å². The number of unbranched alkanes of at least 4 members (excludes halogenated alkanes) is 1. The SMILES string of the molecule is CCCCC(CC)C(NCCC)c1ccc(CC)o1. The van der Waals surface area contributed by atoms with Crippen molar-refractivity contribution in [2.24, 2.45) is 5.92 Å². The molecule has 0 radical (unpaired) electrons. The Hall–Kier alpha value is -0.760. The maximum atomic E-state index is 5.99. The third-order valence-electron chi connectivity index (χ3n) is 3.88. The van der Waals surface area contributed by atoms with Gasteiger partial charge in [-0.15, -0.1) is 0 Å². The quantitative estimate of drug-likeness (QED) is 0.636. The Balaban J connectivity index is 2.78. The van der Waals surface area contributed by atoms with Crippen LogP contribution in [0.15, 0.2) is 16.5 Å². The van der Waals surface area contributed by atoms with Crippen molar-refractivity contribution in [3.05, 3.63) is 23.7 Å². The minimum atomic E-state index is 0.386. The summed E-state index contributed by atoms with van der Waals surface area (Å²) in [6.45, 7) is 9.99. The van der Waals surface area contributed by atoms with Crippen molar-refractivity contribution in [2.45, 2.75) is 72.3 Å². The highest BCUT2D eigenvalue weighted by Crippen LogP contribution is 2.30. The summed E-state index contributed by atoms with van der Waals surface area (Å²) in [5, 5.41) is 3.69. The number of hydrogen-bond donors (Lipinski definition) is 1. The maximum absolute atomic E-state index is 5.99. The second kappa shape index (κ2) is 9.19. The normalized spacial score (nSPS) is 14.5. The fraction of sp³-hybridized carbons (Fsp3) is 0.765. The van der Waals surface area contributed by atoms with E-state index in [1.165, 1.54) is 32.1 Å². The Morgan fingerprint density at radius 1 is 1.11 bits per heavy atom. The van der Waals surface area contributed by atoms with Crippen LogP contribution < -0.4 is 5.32 Å². The van der Waals surface area contributed by atoms with E-state index in [4.69, 9.17) is 4.42 Å². The zero-order valence-corrected chi connectivity index (χ0v) is 13.2. The first-order valence-electron chi connectivity index (χ1n) is 8.08. The molecule has 1 aromatic heterocycles. The molecule has 1 N–H and O–H groups in total. The molecule has 0 spiro atoms. The van der Waals surface area contributed by atoms with Crippen molar-refractivity contribution in [2.75, 3.05) is 6.54 Å². The molecule has 0 aliphatic carbocycles. The lowest BCUT2D eigenvalue weighted by Crippen LogP contribution is -2.28. The highest BCUT2D eigenvalue weighted by atomic mass is 16.3. The van der Waals surface area contributed by atoms with Crippen LogP contribution in [0.4, 0.5) is 0 Å². The second-order valence-corrected chi connectivity index (χ2v) is 5.40. The lowest BCUT2D eigenvalue weighted by Gasteiger charge is -2.25. The molecule has 0 bridgehead atoms. The molecule has 1 rings (SSSR count). The summed E-state index contributed by atoms with van der Waals surface area (Å²) in [6, 6.07) is 4.68. The van der Waals surface area contributed by atoms with Crippen LogP contribution in [0.1, 0.15) is 77.4 Å². The van der Waals surface area contributed by atoms with Crippen LogP contribution >= 0.6 is 0 Å². The molecule has 1 heterocycles. The summed E-state index contributed by atoms with van der Waals surface area (Å²) in [5.41, 5.74) is 0. The Labute approximate surface area is 119 Å². The third kappa shape index (κ3) is 5.02. The average molecular weight is 265 g/mol. The Bertz CT molecular complexity index is 332. The van der Waals surface area contributed by atoms with Crippen LogP contribution in [0.2, 0.25) is 0 Å². The van der Waals surface area contributed by atoms with Gasteiger partial charge in [-0.3, -0.25) is 0 Å². The van der Waals surface area contributed by atoms with Crippen molar-refractivity contribution in [1.29, 1.82) is 0 Å². The van der Waals surface area contributed by atoms with Crippen LogP contribution in [0.25, 0.3) is 0 Å². The zero-order chi connectivity index (χ0) is 14.1. The molecule has 110 valence electrons. The molecule has 0 aliphatic heterocycles. The van der Waals surface area contributed by atoms with Gasteiger partial charge in [0, 0.05) is 6.42 Å². The molecular weight excluding hydrogens is 234 g/mol. The monoisotopic (exact) mass is 265 g/mol. The van der Waals surface area contributed by atoms with Crippen LogP contribution in [0.3, 0.4) is 0 Å². The molecule has 2 nitrogen and oxygen atoms in total. The van der Waals surface area contributed by atoms with Crippen LogP contribution in [-0.2, 0) is 6.42 Å². The van der Waals surface area contributed by atoms with Crippen molar-refractivity contribution in [3.8, 4) is 0 Å². The molecule has 19 heavy (non-hydrogen) atoms. The van der Waals surface area contributed by atoms with Gasteiger partial charge in [0.15, 0.2) is 0 Å². The third-order valence-corrected chi connectivity index (χ3v) is 3.88. The van der Waals surface area contributed by atoms with Gasteiger partial charge in [0.2, 0.25) is 0 Å². The predicted octanol–water partition coefficient (Wildman–Crippen LogP) is 5.10. The Morgan fingerprint density at radius 2 is 1.89 bits per heavy atom. The largest absolute Gasteiger partial charge is 0.464 e. The van der Waals surface area contributed by atoms with Gasteiger partial charge in [-0.25, -0.2) is 0 Å². The molecule has 0 fully saturated rings. The van der Waals surface area contributed by atoms with Gasteiger partial charge in [-0.1, -0.05) is 47.0 Å². The highest BCUT2D eigenvalue weighted by Gasteiger charge is 2.23. The van der Waals surface area contributed by atoms with Crippen molar-refractivity contribution in [3.63, 3.8) is 0 Å². The second-order valence-electron chi connectivity index (χ2n) is 5.40. The van der Waals surface area contributed by atoms with Gasteiger partial charge < -0.3 is 9.73 Å². The first-order valence-corrected chi connectivity index (χ1v) is 8.08. The number of nitrogens with one attached hydrogen (secondary N) is 1. The Kier molecular flexibility index (Phi) is 7.88. The number of rotatable bonds is 10. The van der Waals surface area contributed by atoms with Gasteiger partial charge in [-0.2, -0.15) is 0 Å². The lowest BCUT2D eigenvalue weighted by atomic mass is 9.89. The van der Waals surface area contributed by atoms with Gasteiger partial charge in [0.25, 0.3) is 0 Å². The van der Waals surface area contributed by atoms with Crippen LogP contribution in [-0.4, -0.2) is 6.54 Å². The summed E-state index contributed by atoms with van der Waals surface area (Å²) in [5.74, 6) is 2.92. The van der Waals surface area contributed by atoms with Gasteiger partial charge in [0.1, 0.15) is 11.5 Å². The summed E-state index contributed by atoms with van der Waals surface area (Å²) >= 11 is 0. The van der Waals surface area contributed by atoms with Crippen LogP contribution in [0.5, 0.6) is 0 Å². The van der Waals surface area contributed by atoms with E-state index in [9.17, 15) is 0 Å². The van der Waals surface area contributed by atoms with E-state index in [1.807, 2.05) is 0 Å². The molecule has 0 amide bonds. The van der Waals surface area contributed by atoms with Crippen LogP contribution in [0, 0.1) is 5.92 Å². The first kappa shape index (κ1) is 16.3. The van der Waals surface area contributed by atoms with E-state index in [2.05, 4.69) is 45.1 Å². The predicted molar refractivity (Wildman–Crippen MR) is 82.4 cm³/mol. The fourth-order valence-electron chi connectivity index (χ4n) is 2.62. The Morgan fingerprint density at radius 3 is 2.42 bits per heavy atom. The average Bonchev–Trinajstić information content (AvgIpc) is 2.91. The van der Waals surface area contributed by atoms with Crippen molar-refractivity contribution < 1.29 is 4.42 Å². The molecular formula is C17H31NO. The summed E-state index contributed by atoms with van der Waals surface area (Å²) in [4.78, 5) is 0. The number of aryl methyl sites for hydroxylation is 1. The summed E-state index contributed by atoms with van der Waals surface area (Å²) in [6.07, 6.45) is 7.23. The first-order chi connectivity index (χ1) is 9.26. The van der Waals surface area contributed by atoms with Gasteiger partial charge in [0.05, 0.1) is 6.04 Å². The summed E-state index contributed by atoms with van der Waals surface area (Å²) in [7, 11) is 0. The van der Waals surface area contributed by atoms with E-state index in [-0.39, 0.29) is 0 Å². The maximum Gasteiger partial charge on any atom is 0.121 e. The molecule has 2 unspecified atom stereocenters. The standard InChI is InChI=1S/C17H31NO/c1-5-9-10-14(7-3)17(18-13-6-2)16-12-11-15(8-4)19-16/h11-12,14,17-18H,5-10,13H2,1-4H3. The van der Waals surface area contributed by atoms with Gasteiger partial charge >= 0.3 is 0 Å². The molecule has 0 aromatic carbocycles. The lowest BCUT2D eigenvalue weighted by molar-refractivity contribution is 0.278. The summed E-state index contributed by atoms with van der Waals surface area (Å²) < 4.78 is 5.99. The molecule has 1 aromatic rings. The topological polar surface area (TPSA) is 25.2 Å².